The van der Waals surface area contributed by atoms with Gasteiger partial charge in [0.2, 0.25) is 0 Å². The number of rotatable bonds is 5. The smallest absolute Gasteiger partial charge is 0.113 e. The van der Waals surface area contributed by atoms with E-state index in [0.29, 0.717) is 12.0 Å². The highest BCUT2D eigenvalue weighted by molar-refractivity contribution is 7.98. The minimum absolute atomic E-state index is 0.511. The summed E-state index contributed by atoms with van der Waals surface area (Å²) in [6, 6.07) is 6.62. The Morgan fingerprint density at radius 2 is 2.26 bits per heavy atom. The van der Waals surface area contributed by atoms with Crippen molar-refractivity contribution in [2.45, 2.75) is 38.1 Å². The van der Waals surface area contributed by atoms with Crippen molar-refractivity contribution in [3.8, 4) is 0 Å². The van der Waals surface area contributed by atoms with E-state index in [1.165, 1.54) is 36.4 Å². The van der Waals surface area contributed by atoms with Crippen LogP contribution in [-0.4, -0.2) is 21.6 Å². The minimum atomic E-state index is 0.511. The molecule has 4 heteroatoms. The lowest BCUT2D eigenvalue weighted by atomic mass is 10.2. The highest BCUT2D eigenvalue weighted by Gasteiger charge is 2.30. The molecule has 2 aromatic rings. The summed E-state index contributed by atoms with van der Waals surface area (Å²) in [5.41, 5.74) is 8.97. The number of anilines is 1. The van der Waals surface area contributed by atoms with Crippen LogP contribution in [0.2, 0.25) is 0 Å². The number of hydrogen-bond acceptors (Lipinski definition) is 3. The number of imidazole rings is 1. The Balaban J connectivity index is 2.05. The monoisotopic (exact) mass is 275 g/mol. The number of nitrogen functional groups attached to an aromatic ring is 1. The van der Waals surface area contributed by atoms with Gasteiger partial charge >= 0.3 is 0 Å². The van der Waals surface area contributed by atoms with E-state index in [1.54, 1.807) is 0 Å². The summed E-state index contributed by atoms with van der Waals surface area (Å²) in [7, 11) is 0. The first-order chi connectivity index (χ1) is 9.20. The standard InChI is InChI=1S/C15H21N3S/c1-10(7-8-19-2)18-14-6-5-12(16)9-13(14)17-15(18)11-3-4-11/h5-6,9-11H,3-4,7-8,16H2,1-2H3. The van der Waals surface area contributed by atoms with Crippen molar-refractivity contribution in [1.29, 1.82) is 0 Å². The van der Waals surface area contributed by atoms with Crippen LogP contribution in [0.3, 0.4) is 0 Å². The SMILES string of the molecule is CSCCC(C)n1c(C2CC2)nc2cc(N)ccc21. The highest BCUT2D eigenvalue weighted by Crippen LogP contribution is 2.42. The van der Waals surface area contributed by atoms with Crippen LogP contribution in [-0.2, 0) is 0 Å². The van der Waals surface area contributed by atoms with Gasteiger partial charge in [0.1, 0.15) is 5.82 Å². The van der Waals surface area contributed by atoms with Crippen LogP contribution in [0.1, 0.15) is 44.0 Å². The fourth-order valence-electron chi connectivity index (χ4n) is 2.64. The van der Waals surface area contributed by atoms with Crippen LogP contribution >= 0.6 is 11.8 Å². The molecule has 0 bridgehead atoms. The number of nitrogens with zero attached hydrogens (tertiary/aromatic N) is 2. The van der Waals surface area contributed by atoms with E-state index >= 15 is 0 Å². The molecule has 1 aromatic heterocycles. The summed E-state index contributed by atoms with van der Waals surface area (Å²) >= 11 is 1.91. The zero-order valence-corrected chi connectivity index (χ0v) is 12.4. The van der Waals surface area contributed by atoms with E-state index in [9.17, 15) is 0 Å². The summed E-state index contributed by atoms with van der Waals surface area (Å²) in [4.78, 5) is 4.84. The first-order valence-corrected chi connectivity index (χ1v) is 8.36. The van der Waals surface area contributed by atoms with Crippen LogP contribution < -0.4 is 5.73 Å². The van der Waals surface area contributed by atoms with Gasteiger partial charge in [0.25, 0.3) is 0 Å². The van der Waals surface area contributed by atoms with Crippen LogP contribution in [0, 0.1) is 0 Å². The average Bonchev–Trinajstić information content (AvgIpc) is 3.17. The number of hydrogen-bond donors (Lipinski definition) is 1. The van der Waals surface area contributed by atoms with E-state index in [-0.39, 0.29) is 0 Å². The second-order valence-electron chi connectivity index (χ2n) is 5.49. The zero-order chi connectivity index (χ0) is 13.4. The summed E-state index contributed by atoms with van der Waals surface area (Å²) in [5, 5.41) is 0. The third-order valence-electron chi connectivity index (χ3n) is 3.86. The Hall–Kier alpha value is -1.16. The third kappa shape index (κ3) is 2.46. The lowest BCUT2D eigenvalue weighted by molar-refractivity contribution is 0.526. The van der Waals surface area contributed by atoms with Crippen molar-refractivity contribution < 1.29 is 0 Å². The van der Waals surface area contributed by atoms with Crippen LogP contribution in [0.25, 0.3) is 11.0 Å². The first kappa shape index (κ1) is 12.9. The lowest BCUT2D eigenvalue weighted by Crippen LogP contribution is -2.09. The number of fused-ring (bicyclic) bond motifs is 1. The molecule has 19 heavy (non-hydrogen) atoms. The molecule has 0 saturated heterocycles. The fraction of sp³-hybridized carbons (Fsp3) is 0.533. The molecule has 1 atom stereocenters. The van der Waals surface area contributed by atoms with Gasteiger partial charge in [-0.1, -0.05) is 0 Å². The maximum Gasteiger partial charge on any atom is 0.113 e. The van der Waals surface area contributed by atoms with E-state index in [2.05, 4.69) is 23.8 Å². The number of aromatic nitrogens is 2. The van der Waals surface area contributed by atoms with E-state index < -0.39 is 0 Å². The van der Waals surface area contributed by atoms with Crippen LogP contribution in [0.5, 0.6) is 0 Å². The summed E-state index contributed by atoms with van der Waals surface area (Å²) < 4.78 is 2.45. The molecule has 1 saturated carbocycles. The molecule has 0 aliphatic heterocycles. The largest absolute Gasteiger partial charge is 0.399 e. The van der Waals surface area contributed by atoms with Gasteiger partial charge in [-0.2, -0.15) is 11.8 Å². The van der Waals surface area contributed by atoms with Crippen LogP contribution in [0.15, 0.2) is 18.2 Å². The molecule has 0 radical (unpaired) electrons. The number of nitrogens with two attached hydrogens (primary N) is 1. The first-order valence-electron chi connectivity index (χ1n) is 6.97. The van der Waals surface area contributed by atoms with E-state index in [4.69, 9.17) is 10.7 Å². The van der Waals surface area contributed by atoms with Gasteiger partial charge in [-0.3, -0.25) is 0 Å². The predicted octanol–water partition coefficient (Wildman–Crippen LogP) is 3.81. The van der Waals surface area contributed by atoms with Crippen molar-refractivity contribution >= 4 is 28.5 Å². The number of benzene rings is 1. The molecular weight excluding hydrogens is 254 g/mol. The van der Waals surface area contributed by atoms with Crippen molar-refractivity contribution in [2.75, 3.05) is 17.7 Å². The van der Waals surface area contributed by atoms with Gasteiger partial charge < -0.3 is 10.3 Å². The predicted molar refractivity (Wildman–Crippen MR) is 83.8 cm³/mol. The molecule has 1 heterocycles. The molecule has 102 valence electrons. The molecule has 1 unspecified atom stereocenters. The normalized spacial score (nSPS) is 16.9. The van der Waals surface area contributed by atoms with Gasteiger partial charge in [0, 0.05) is 17.6 Å². The summed E-state index contributed by atoms with van der Waals surface area (Å²) in [5.74, 6) is 3.14. The Morgan fingerprint density at radius 1 is 1.47 bits per heavy atom. The van der Waals surface area contributed by atoms with E-state index in [1.807, 2.05) is 23.9 Å². The molecule has 0 spiro atoms. The molecule has 0 amide bonds. The Morgan fingerprint density at radius 3 is 2.95 bits per heavy atom. The average molecular weight is 275 g/mol. The fourth-order valence-corrected chi connectivity index (χ4v) is 3.22. The minimum Gasteiger partial charge on any atom is -0.399 e. The van der Waals surface area contributed by atoms with Crippen molar-refractivity contribution in [3.63, 3.8) is 0 Å². The van der Waals surface area contributed by atoms with Gasteiger partial charge in [-0.25, -0.2) is 4.98 Å². The molecular formula is C15H21N3S. The van der Waals surface area contributed by atoms with Gasteiger partial charge in [0.15, 0.2) is 0 Å². The zero-order valence-electron chi connectivity index (χ0n) is 11.6. The molecule has 1 aliphatic carbocycles. The summed E-state index contributed by atoms with van der Waals surface area (Å²) in [6.07, 6.45) is 5.93. The summed E-state index contributed by atoms with van der Waals surface area (Å²) in [6.45, 7) is 2.31. The van der Waals surface area contributed by atoms with Crippen molar-refractivity contribution in [2.24, 2.45) is 0 Å². The molecule has 1 fully saturated rings. The van der Waals surface area contributed by atoms with Gasteiger partial charge in [0.05, 0.1) is 11.0 Å². The maximum absolute atomic E-state index is 5.88. The second kappa shape index (κ2) is 5.08. The molecule has 2 N–H and O–H groups in total. The third-order valence-corrected chi connectivity index (χ3v) is 4.51. The highest BCUT2D eigenvalue weighted by atomic mass is 32.2. The van der Waals surface area contributed by atoms with Crippen molar-refractivity contribution in [3.05, 3.63) is 24.0 Å². The molecule has 3 rings (SSSR count). The van der Waals surface area contributed by atoms with Gasteiger partial charge in [-0.05, 0) is 56.4 Å². The number of thioether (sulfide) groups is 1. The Labute approximate surface area is 118 Å². The molecule has 1 aliphatic rings. The van der Waals surface area contributed by atoms with Crippen LogP contribution in [0.4, 0.5) is 5.69 Å². The maximum atomic E-state index is 5.88. The lowest BCUT2D eigenvalue weighted by Gasteiger charge is -2.17. The van der Waals surface area contributed by atoms with E-state index in [0.717, 1.165) is 11.2 Å². The second-order valence-corrected chi connectivity index (χ2v) is 6.48. The molecule has 3 nitrogen and oxygen atoms in total. The molecule has 1 aromatic carbocycles. The Bertz CT molecular complexity index is 586. The van der Waals surface area contributed by atoms with Gasteiger partial charge in [-0.15, -0.1) is 0 Å². The quantitative estimate of drug-likeness (QED) is 0.844. The Kier molecular flexibility index (Phi) is 3.44. The topological polar surface area (TPSA) is 43.8 Å². The van der Waals surface area contributed by atoms with Crippen molar-refractivity contribution in [1.82, 2.24) is 9.55 Å².